The van der Waals surface area contributed by atoms with Gasteiger partial charge in [-0.1, -0.05) is 18.2 Å². The summed E-state index contributed by atoms with van der Waals surface area (Å²) in [5.74, 6) is 1.27. The number of halogens is 1. The molecule has 2 aliphatic rings. The second-order valence-electron chi connectivity index (χ2n) is 9.95. The SMILES string of the molecule is Cc1ccc(C(=O)N2CCC(F)(c3ccc(C#N)cc3)CC2)cc1-c1[nH]c(C2CCOCC2)nc1C. The molecule has 2 aromatic carbocycles. The van der Waals surface area contributed by atoms with Crippen molar-refractivity contribution in [2.45, 2.75) is 51.1 Å². The molecule has 0 bridgehead atoms. The molecule has 0 atom stereocenters. The van der Waals surface area contributed by atoms with Crippen molar-refractivity contribution in [3.63, 3.8) is 0 Å². The van der Waals surface area contributed by atoms with E-state index in [4.69, 9.17) is 15.0 Å². The van der Waals surface area contributed by atoms with Crippen molar-refractivity contribution in [2.75, 3.05) is 26.3 Å². The molecule has 0 spiro atoms. The summed E-state index contributed by atoms with van der Waals surface area (Å²) in [4.78, 5) is 23.5. The first-order valence-corrected chi connectivity index (χ1v) is 12.6. The van der Waals surface area contributed by atoms with Gasteiger partial charge in [0.2, 0.25) is 0 Å². The lowest BCUT2D eigenvalue weighted by Gasteiger charge is -2.37. The standard InChI is InChI=1S/C29H31FN4O2/c1-19-3-6-23(17-25(19)26-20(2)32-27(33-26)22-9-15-36-16-10-22)28(35)34-13-11-29(30,12-14-34)24-7-4-21(18-31)5-8-24/h3-8,17,22H,9-16H2,1-2H3,(H,32,33). The summed E-state index contributed by atoms with van der Waals surface area (Å²) in [6.45, 7) is 6.23. The molecular formula is C29H31FN4O2. The molecule has 7 heteroatoms. The Morgan fingerprint density at radius 2 is 1.83 bits per heavy atom. The van der Waals surface area contributed by atoms with E-state index >= 15 is 4.39 Å². The van der Waals surface area contributed by atoms with Crippen LogP contribution in [0.2, 0.25) is 0 Å². The topological polar surface area (TPSA) is 82.0 Å². The Labute approximate surface area is 211 Å². The second kappa shape index (κ2) is 9.87. The van der Waals surface area contributed by atoms with Crippen molar-refractivity contribution in [3.05, 3.63) is 76.2 Å². The van der Waals surface area contributed by atoms with Gasteiger partial charge in [-0.15, -0.1) is 0 Å². The molecule has 0 radical (unpaired) electrons. The predicted molar refractivity (Wildman–Crippen MR) is 135 cm³/mol. The molecule has 0 saturated carbocycles. The fraction of sp³-hybridized carbons (Fsp3) is 0.414. The maximum absolute atomic E-state index is 15.7. The maximum Gasteiger partial charge on any atom is 0.253 e. The van der Waals surface area contributed by atoms with Crippen LogP contribution < -0.4 is 0 Å². The molecule has 1 aromatic heterocycles. The van der Waals surface area contributed by atoms with E-state index in [-0.39, 0.29) is 18.7 Å². The van der Waals surface area contributed by atoms with E-state index in [2.05, 4.69) is 11.1 Å². The number of amides is 1. The van der Waals surface area contributed by atoms with Gasteiger partial charge in [-0.3, -0.25) is 4.79 Å². The van der Waals surface area contributed by atoms with Gasteiger partial charge < -0.3 is 14.6 Å². The van der Waals surface area contributed by atoms with E-state index in [1.165, 1.54) is 0 Å². The van der Waals surface area contributed by atoms with E-state index in [1.54, 1.807) is 29.2 Å². The number of benzene rings is 2. The molecule has 3 aromatic rings. The molecule has 186 valence electrons. The van der Waals surface area contributed by atoms with E-state index in [0.717, 1.165) is 54.4 Å². The smallest absolute Gasteiger partial charge is 0.253 e. The highest BCUT2D eigenvalue weighted by atomic mass is 19.1. The van der Waals surface area contributed by atoms with Crippen LogP contribution >= 0.6 is 0 Å². The minimum absolute atomic E-state index is 0.0834. The largest absolute Gasteiger partial charge is 0.381 e. The lowest BCUT2D eigenvalue weighted by molar-refractivity contribution is 0.0421. The summed E-state index contributed by atoms with van der Waals surface area (Å²) in [5, 5.41) is 8.99. The summed E-state index contributed by atoms with van der Waals surface area (Å²) in [5.41, 5.74) is 4.10. The van der Waals surface area contributed by atoms with Gasteiger partial charge in [0.1, 0.15) is 11.5 Å². The monoisotopic (exact) mass is 486 g/mol. The van der Waals surface area contributed by atoms with Gasteiger partial charge in [-0.05, 0) is 62.1 Å². The van der Waals surface area contributed by atoms with E-state index in [0.29, 0.717) is 35.7 Å². The Hall–Kier alpha value is -3.50. The third kappa shape index (κ3) is 4.66. The van der Waals surface area contributed by atoms with Crippen molar-refractivity contribution in [3.8, 4) is 17.3 Å². The summed E-state index contributed by atoms with van der Waals surface area (Å²) in [7, 11) is 0. The van der Waals surface area contributed by atoms with Gasteiger partial charge >= 0.3 is 0 Å². The summed E-state index contributed by atoms with van der Waals surface area (Å²) >= 11 is 0. The normalized spacial score (nSPS) is 18.1. The minimum Gasteiger partial charge on any atom is -0.381 e. The number of likely N-dealkylation sites (tertiary alicyclic amines) is 1. The molecule has 1 N–H and O–H groups in total. The fourth-order valence-electron chi connectivity index (χ4n) is 5.31. The van der Waals surface area contributed by atoms with Gasteiger partial charge in [0.15, 0.2) is 0 Å². The number of imidazole rings is 1. The molecule has 3 heterocycles. The molecule has 36 heavy (non-hydrogen) atoms. The number of rotatable bonds is 4. The van der Waals surface area contributed by atoms with Crippen molar-refractivity contribution >= 4 is 5.91 Å². The van der Waals surface area contributed by atoms with Crippen LogP contribution in [-0.2, 0) is 10.4 Å². The lowest BCUT2D eigenvalue weighted by atomic mass is 9.85. The lowest BCUT2D eigenvalue weighted by Crippen LogP contribution is -2.43. The molecule has 0 unspecified atom stereocenters. The number of aromatic amines is 1. The predicted octanol–water partition coefficient (Wildman–Crippen LogP) is 5.56. The van der Waals surface area contributed by atoms with Crippen LogP contribution in [0.25, 0.3) is 11.3 Å². The van der Waals surface area contributed by atoms with Crippen LogP contribution in [-0.4, -0.2) is 47.1 Å². The van der Waals surface area contributed by atoms with Crippen LogP contribution in [0.4, 0.5) is 4.39 Å². The van der Waals surface area contributed by atoms with Crippen LogP contribution in [0.15, 0.2) is 42.5 Å². The number of ether oxygens (including phenoxy) is 1. The average Bonchev–Trinajstić information content (AvgIpc) is 3.31. The van der Waals surface area contributed by atoms with E-state index in [1.807, 2.05) is 32.0 Å². The Bertz CT molecular complexity index is 1290. The molecule has 0 aliphatic carbocycles. The number of piperidine rings is 1. The average molecular weight is 487 g/mol. The Morgan fingerprint density at radius 1 is 1.14 bits per heavy atom. The van der Waals surface area contributed by atoms with Gasteiger partial charge in [0.05, 0.1) is 23.0 Å². The first-order chi connectivity index (χ1) is 17.4. The zero-order valence-electron chi connectivity index (χ0n) is 20.8. The number of nitrogens with zero attached hydrogens (tertiary/aromatic N) is 3. The Morgan fingerprint density at radius 3 is 2.50 bits per heavy atom. The quantitative estimate of drug-likeness (QED) is 0.523. The third-order valence-electron chi connectivity index (χ3n) is 7.64. The van der Waals surface area contributed by atoms with Crippen LogP contribution in [0.3, 0.4) is 0 Å². The Kier molecular flexibility index (Phi) is 6.63. The number of aromatic nitrogens is 2. The Balaban J connectivity index is 1.32. The van der Waals surface area contributed by atoms with Crippen LogP contribution in [0, 0.1) is 25.2 Å². The van der Waals surface area contributed by atoms with Gasteiger partial charge in [-0.25, -0.2) is 9.37 Å². The highest BCUT2D eigenvalue weighted by Gasteiger charge is 2.37. The number of carbonyl (C=O) groups is 1. The van der Waals surface area contributed by atoms with Crippen molar-refractivity contribution < 1.29 is 13.9 Å². The maximum atomic E-state index is 15.7. The number of H-pyrrole nitrogens is 1. The van der Waals surface area contributed by atoms with Gasteiger partial charge in [0, 0.05) is 56.2 Å². The highest BCUT2D eigenvalue weighted by Crippen LogP contribution is 2.38. The van der Waals surface area contributed by atoms with Crippen molar-refractivity contribution in [2.24, 2.45) is 0 Å². The van der Waals surface area contributed by atoms with Gasteiger partial charge in [-0.2, -0.15) is 5.26 Å². The number of aryl methyl sites for hydroxylation is 2. The molecular weight excluding hydrogens is 455 g/mol. The molecule has 2 fully saturated rings. The fourth-order valence-corrected chi connectivity index (χ4v) is 5.31. The van der Waals surface area contributed by atoms with Crippen molar-refractivity contribution in [1.29, 1.82) is 5.26 Å². The number of alkyl halides is 1. The zero-order chi connectivity index (χ0) is 25.3. The first kappa shape index (κ1) is 24.2. The number of hydrogen-bond acceptors (Lipinski definition) is 4. The summed E-state index contributed by atoms with van der Waals surface area (Å²) in [6, 6.07) is 14.5. The van der Waals surface area contributed by atoms with E-state index < -0.39 is 5.67 Å². The molecule has 6 nitrogen and oxygen atoms in total. The zero-order valence-corrected chi connectivity index (χ0v) is 20.8. The third-order valence-corrected chi connectivity index (χ3v) is 7.64. The number of hydrogen-bond donors (Lipinski definition) is 1. The number of carbonyl (C=O) groups excluding carboxylic acids is 1. The highest BCUT2D eigenvalue weighted by molar-refractivity contribution is 5.95. The van der Waals surface area contributed by atoms with Crippen LogP contribution in [0.1, 0.15) is 70.2 Å². The second-order valence-corrected chi connectivity index (χ2v) is 9.95. The summed E-state index contributed by atoms with van der Waals surface area (Å²) < 4.78 is 21.2. The minimum atomic E-state index is -1.49. The number of nitriles is 1. The summed E-state index contributed by atoms with van der Waals surface area (Å²) in [6.07, 6.45) is 2.38. The first-order valence-electron chi connectivity index (χ1n) is 12.6. The number of nitrogens with one attached hydrogen (secondary N) is 1. The van der Waals surface area contributed by atoms with Crippen LogP contribution in [0.5, 0.6) is 0 Å². The molecule has 2 saturated heterocycles. The van der Waals surface area contributed by atoms with Crippen molar-refractivity contribution in [1.82, 2.24) is 14.9 Å². The van der Waals surface area contributed by atoms with E-state index in [9.17, 15) is 4.79 Å². The molecule has 1 amide bonds. The van der Waals surface area contributed by atoms with Gasteiger partial charge in [0.25, 0.3) is 5.91 Å². The molecule has 2 aliphatic heterocycles. The molecule has 5 rings (SSSR count).